The molecule has 1 heterocycles. The van der Waals surface area contributed by atoms with E-state index in [1.807, 2.05) is 91.9 Å². The summed E-state index contributed by atoms with van der Waals surface area (Å²) in [7, 11) is 0. The van der Waals surface area contributed by atoms with Crippen LogP contribution in [0.3, 0.4) is 0 Å². The second-order valence-electron chi connectivity index (χ2n) is 6.13. The van der Waals surface area contributed by atoms with Gasteiger partial charge >= 0.3 is 0 Å². The molecule has 0 aliphatic rings. The minimum atomic E-state index is -0.202. The lowest BCUT2D eigenvalue weighted by Crippen LogP contribution is -2.14. The molecule has 0 aliphatic heterocycles. The summed E-state index contributed by atoms with van der Waals surface area (Å²) >= 11 is 0. The van der Waals surface area contributed by atoms with Crippen molar-refractivity contribution in [3.8, 4) is 0 Å². The number of aryl methyl sites for hydroxylation is 1. The predicted molar refractivity (Wildman–Crippen MR) is 104 cm³/mol. The predicted octanol–water partition coefficient (Wildman–Crippen LogP) is 4.62. The number of hydrogen-bond donors (Lipinski definition) is 0. The number of allylic oxidation sites excluding steroid dienone is 1. The van der Waals surface area contributed by atoms with E-state index >= 15 is 0 Å². The Kier molecular flexibility index (Phi) is 4.15. The van der Waals surface area contributed by atoms with Crippen molar-refractivity contribution >= 4 is 28.6 Å². The first-order chi connectivity index (χ1) is 12.7. The SMILES string of the molecule is Cc1ccc2c(c1)nnn2C(=O)/C(=C/c1ccccc1)c1ccccc1. The maximum atomic E-state index is 13.3. The lowest BCUT2D eigenvalue weighted by molar-refractivity contribution is 0.0969. The molecule has 0 saturated carbocycles. The summed E-state index contributed by atoms with van der Waals surface area (Å²) in [6, 6.07) is 25.2. The van der Waals surface area contributed by atoms with Gasteiger partial charge in [0.2, 0.25) is 0 Å². The Bertz CT molecular complexity index is 1100. The summed E-state index contributed by atoms with van der Waals surface area (Å²) < 4.78 is 1.37. The first-order valence-electron chi connectivity index (χ1n) is 8.41. The molecular formula is C22H17N3O. The van der Waals surface area contributed by atoms with E-state index in [1.165, 1.54) is 4.68 Å². The van der Waals surface area contributed by atoms with Gasteiger partial charge in [-0.05, 0) is 41.8 Å². The Morgan fingerprint density at radius 2 is 1.62 bits per heavy atom. The lowest BCUT2D eigenvalue weighted by atomic mass is 10.0. The van der Waals surface area contributed by atoms with Crippen LogP contribution >= 0.6 is 0 Å². The molecule has 0 saturated heterocycles. The van der Waals surface area contributed by atoms with E-state index in [2.05, 4.69) is 10.3 Å². The largest absolute Gasteiger partial charge is 0.280 e. The third-order valence-electron chi connectivity index (χ3n) is 4.22. The van der Waals surface area contributed by atoms with E-state index in [0.29, 0.717) is 16.6 Å². The maximum absolute atomic E-state index is 13.3. The van der Waals surface area contributed by atoms with Crippen LogP contribution in [0, 0.1) is 6.92 Å². The first-order valence-corrected chi connectivity index (χ1v) is 8.41. The number of carbonyl (C=O) groups excluding carboxylic acids is 1. The fourth-order valence-corrected chi connectivity index (χ4v) is 2.90. The van der Waals surface area contributed by atoms with Gasteiger partial charge in [0, 0.05) is 5.57 Å². The molecule has 0 spiro atoms. The minimum Gasteiger partial charge on any atom is -0.267 e. The smallest absolute Gasteiger partial charge is 0.267 e. The second kappa shape index (κ2) is 6.76. The van der Waals surface area contributed by atoms with E-state index in [-0.39, 0.29) is 5.91 Å². The Labute approximate surface area is 151 Å². The molecule has 126 valence electrons. The van der Waals surface area contributed by atoms with Gasteiger partial charge < -0.3 is 0 Å². The van der Waals surface area contributed by atoms with Gasteiger partial charge in [0.1, 0.15) is 5.52 Å². The average Bonchev–Trinajstić information content (AvgIpc) is 3.10. The minimum absolute atomic E-state index is 0.202. The van der Waals surface area contributed by atoms with Crippen LogP contribution in [0.15, 0.2) is 78.9 Å². The quantitative estimate of drug-likeness (QED) is 0.404. The molecule has 0 unspecified atom stereocenters. The van der Waals surface area contributed by atoms with Crippen LogP contribution in [0.25, 0.3) is 22.7 Å². The van der Waals surface area contributed by atoms with Crippen LogP contribution in [0.1, 0.15) is 21.5 Å². The second-order valence-corrected chi connectivity index (χ2v) is 6.13. The number of hydrogen-bond acceptors (Lipinski definition) is 3. The Hall–Kier alpha value is -3.53. The van der Waals surface area contributed by atoms with Gasteiger partial charge in [0.15, 0.2) is 0 Å². The summed E-state index contributed by atoms with van der Waals surface area (Å²) in [4.78, 5) is 13.3. The van der Waals surface area contributed by atoms with Crippen molar-refractivity contribution in [2.24, 2.45) is 0 Å². The number of nitrogens with zero attached hydrogens (tertiary/aromatic N) is 3. The molecule has 4 nitrogen and oxygen atoms in total. The van der Waals surface area contributed by atoms with Crippen molar-refractivity contribution < 1.29 is 4.79 Å². The summed E-state index contributed by atoms with van der Waals surface area (Å²) in [6.07, 6.45) is 1.89. The number of carbonyl (C=O) groups is 1. The molecule has 0 aliphatic carbocycles. The van der Waals surface area contributed by atoms with E-state index in [0.717, 1.165) is 16.7 Å². The summed E-state index contributed by atoms with van der Waals surface area (Å²) in [5, 5.41) is 8.25. The van der Waals surface area contributed by atoms with Crippen molar-refractivity contribution in [3.05, 3.63) is 95.6 Å². The van der Waals surface area contributed by atoms with Crippen molar-refractivity contribution in [2.75, 3.05) is 0 Å². The van der Waals surface area contributed by atoms with E-state index in [1.54, 1.807) is 0 Å². The fourth-order valence-electron chi connectivity index (χ4n) is 2.90. The van der Waals surface area contributed by atoms with Gasteiger partial charge in [0.25, 0.3) is 5.91 Å². The first kappa shape index (κ1) is 16.0. The zero-order chi connectivity index (χ0) is 17.9. The van der Waals surface area contributed by atoms with Crippen molar-refractivity contribution in [1.29, 1.82) is 0 Å². The molecule has 0 radical (unpaired) electrons. The molecule has 4 heteroatoms. The molecule has 4 rings (SSSR count). The molecule has 4 aromatic rings. The Balaban J connectivity index is 1.85. The average molecular weight is 339 g/mol. The Morgan fingerprint density at radius 3 is 2.35 bits per heavy atom. The molecule has 0 N–H and O–H groups in total. The zero-order valence-electron chi connectivity index (χ0n) is 14.3. The molecule has 26 heavy (non-hydrogen) atoms. The number of benzene rings is 3. The fraction of sp³-hybridized carbons (Fsp3) is 0.0455. The zero-order valence-corrected chi connectivity index (χ0v) is 14.3. The third-order valence-corrected chi connectivity index (χ3v) is 4.22. The van der Waals surface area contributed by atoms with Crippen LogP contribution < -0.4 is 0 Å². The molecule has 0 amide bonds. The lowest BCUT2D eigenvalue weighted by Gasteiger charge is -2.08. The van der Waals surface area contributed by atoms with Crippen molar-refractivity contribution in [3.63, 3.8) is 0 Å². The van der Waals surface area contributed by atoms with Gasteiger partial charge in [-0.25, -0.2) is 0 Å². The van der Waals surface area contributed by atoms with Crippen LogP contribution in [-0.4, -0.2) is 20.9 Å². The van der Waals surface area contributed by atoms with Gasteiger partial charge in [-0.3, -0.25) is 4.79 Å². The van der Waals surface area contributed by atoms with E-state index < -0.39 is 0 Å². The number of fused-ring (bicyclic) bond motifs is 1. The highest BCUT2D eigenvalue weighted by atomic mass is 16.2. The topological polar surface area (TPSA) is 47.8 Å². The third kappa shape index (κ3) is 3.05. The molecule has 0 atom stereocenters. The monoisotopic (exact) mass is 339 g/mol. The molecule has 1 aromatic heterocycles. The summed E-state index contributed by atoms with van der Waals surface area (Å²) in [5.41, 5.74) is 4.88. The molecule has 0 bridgehead atoms. The van der Waals surface area contributed by atoms with Crippen molar-refractivity contribution in [2.45, 2.75) is 6.92 Å². The van der Waals surface area contributed by atoms with Gasteiger partial charge in [-0.1, -0.05) is 71.9 Å². The molecule has 0 fully saturated rings. The maximum Gasteiger partial charge on any atom is 0.280 e. The number of rotatable bonds is 3. The Morgan fingerprint density at radius 1 is 0.923 bits per heavy atom. The normalized spacial score (nSPS) is 11.7. The van der Waals surface area contributed by atoms with Gasteiger partial charge in [-0.2, -0.15) is 4.68 Å². The highest BCUT2D eigenvalue weighted by Crippen LogP contribution is 2.22. The van der Waals surface area contributed by atoms with Gasteiger partial charge in [-0.15, -0.1) is 5.10 Å². The van der Waals surface area contributed by atoms with Crippen LogP contribution in [0.5, 0.6) is 0 Å². The van der Waals surface area contributed by atoms with Crippen LogP contribution in [-0.2, 0) is 0 Å². The van der Waals surface area contributed by atoms with Crippen LogP contribution in [0.2, 0.25) is 0 Å². The van der Waals surface area contributed by atoms with Crippen molar-refractivity contribution in [1.82, 2.24) is 15.0 Å². The standard InChI is InChI=1S/C22H17N3O/c1-16-12-13-21-20(14-16)23-24-25(21)22(26)19(18-10-6-3-7-11-18)15-17-8-4-2-5-9-17/h2-15H,1H3/b19-15+. The molecule has 3 aromatic carbocycles. The highest BCUT2D eigenvalue weighted by Gasteiger charge is 2.18. The van der Waals surface area contributed by atoms with Crippen LogP contribution in [0.4, 0.5) is 0 Å². The van der Waals surface area contributed by atoms with E-state index in [4.69, 9.17) is 0 Å². The summed E-state index contributed by atoms with van der Waals surface area (Å²) in [6.45, 7) is 1.99. The van der Waals surface area contributed by atoms with E-state index in [9.17, 15) is 4.79 Å². The highest BCUT2D eigenvalue weighted by molar-refractivity contribution is 6.26. The number of aromatic nitrogens is 3. The van der Waals surface area contributed by atoms with Gasteiger partial charge in [0.05, 0.1) is 5.52 Å². The summed E-state index contributed by atoms with van der Waals surface area (Å²) in [5.74, 6) is -0.202. The molecular weight excluding hydrogens is 322 g/mol.